The van der Waals surface area contributed by atoms with Gasteiger partial charge in [-0.2, -0.15) is 0 Å². The van der Waals surface area contributed by atoms with Gasteiger partial charge in [-0.15, -0.1) is 0 Å². The van der Waals surface area contributed by atoms with Crippen molar-refractivity contribution in [2.24, 2.45) is 5.92 Å². The van der Waals surface area contributed by atoms with E-state index in [0.29, 0.717) is 46.9 Å². The van der Waals surface area contributed by atoms with Crippen molar-refractivity contribution in [2.45, 2.75) is 63.6 Å². The Balaban J connectivity index is 1.69. The van der Waals surface area contributed by atoms with Gasteiger partial charge in [0.25, 0.3) is 0 Å². The van der Waals surface area contributed by atoms with E-state index < -0.39 is 24.1 Å². The number of hydrogen-bond acceptors (Lipinski definition) is 6. The normalized spacial score (nSPS) is 22.1. The number of aryl methyl sites for hydroxylation is 1. The van der Waals surface area contributed by atoms with Gasteiger partial charge < -0.3 is 24.3 Å². The number of carbonyl (C=O) groups excluding carboxylic acids is 1. The van der Waals surface area contributed by atoms with E-state index >= 15 is 0 Å². The molecule has 10 heteroatoms. The molecule has 1 aromatic heterocycles. The molecule has 0 unspecified atom stereocenters. The van der Waals surface area contributed by atoms with Gasteiger partial charge in [-0.1, -0.05) is 24.1 Å². The lowest BCUT2D eigenvalue weighted by atomic mass is 9.85. The molecule has 0 saturated heterocycles. The van der Waals surface area contributed by atoms with Crippen LogP contribution in [0, 0.1) is 5.92 Å². The average molecular weight is 542 g/mol. The number of aliphatic hydroxyl groups excluding tert-OH is 1. The molecule has 1 amide bonds. The zero-order valence-corrected chi connectivity index (χ0v) is 22.4. The zero-order valence-electron chi connectivity index (χ0n) is 21.7. The topological polar surface area (TPSA) is 114 Å². The van der Waals surface area contributed by atoms with Crippen molar-refractivity contribution in [1.82, 2.24) is 9.55 Å². The Kier molecular flexibility index (Phi) is 7.24. The standard InChI is InChI=1S/C28H32ClN3O6/c1-15-7-9-19-21(31(15)28(36)38-3)10-11-22-24(19)30-26(25(33)16-8-12-23(37-2)20(29)14-16)32(22)18-6-4-5-17(13-18)27(34)35/h8,10-12,14-15,17-18,25,33H,4-7,9,13H2,1-3H3,(H,34,35)/t15-,17+,18+,25+/m0/s1. The first-order chi connectivity index (χ1) is 18.2. The number of fused-ring (bicyclic) bond motifs is 3. The third-order valence-corrected chi connectivity index (χ3v) is 8.25. The maximum Gasteiger partial charge on any atom is 0.414 e. The molecule has 2 aromatic carbocycles. The molecule has 0 bridgehead atoms. The van der Waals surface area contributed by atoms with Crippen LogP contribution < -0.4 is 9.64 Å². The summed E-state index contributed by atoms with van der Waals surface area (Å²) in [6.07, 6.45) is 2.55. The van der Waals surface area contributed by atoms with Crippen molar-refractivity contribution in [3.8, 4) is 5.75 Å². The van der Waals surface area contributed by atoms with E-state index in [2.05, 4.69) is 0 Å². The summed E-state index contributed by atoms with van der Waals surface area (Å²) < 4.78 is 12.3. The lowest BCUT2D eigenvalue weighted by molar-refractivity contribution is -0.143. The number of amides is 1. The fraction of sp³-hybridized carbons (Fsp3) is 0.464. The Bertz CT molecular complexity index is 1390. The molecule has 2 N–H and O–H groups in total. The smallest absolute Gasteiger partial charge is 0.414 e. The first-order valence-corrected chi connectivity index (χ1v) is 13.3. The maximum absolute atomic E-state index is 12.6. The number of rotatable bonds is 5. The minimum absolute atomic E-state index is 0.0318. The summed E-state index contributed by atoms with van der Waals surface area (Å²) in [6, 6.07) is 8.74. The van der Waals surface area contributed by atoms with E-state index in [1.807, 2.05) is 23.6 Å². The number of nitrogens with zero attached hydrogens (tertiary/aromatic N) is 3. The summed E-state index contributed by atoms with van der Waals surface area (Å²) in [5, 5.41) is 21.7. The first kappa shape index (κ1) is 26.3. The molecule has 5 rings (SSSR count). The fourth-order valence-electron chi connectivity index (χ4n) is 5.99. The molecular weight excluding hydrogens is 510 g/mol. The number of aliphatic hydroxyl groups is 1. The molecule has 1 aliphatic carbocycles. The number of hydrogen-bond donors (Lipinski definition) is 2. The first-order valence-electron chi connectivity index (χ1n) is 12.9. The summed E-state index contributed by atoms with van der Waals surface area (Å²) in [5.41, 5.74) is 3.73. The van der Waals surface area contributed by atoms with E-state index in [9.17, 15) is 19.8 Å². The Hall–Kier alpha value is -3.30. The van der Waals surface area contributed by atoms with Gasteiger partial charge >= 0.3 is 12.1 Å². The highest BCUT2D eigenvalue weighted by molar-refractivity contribution is 6.32. The lowest BCUT2D eigenvalue weighted by Crippen LogP contribution is -2.42. The predicted octanol–water partition coefficient (Wildman–Crippen LogP) is 5.50. The van der Waals surface area contributed by atoms with Crippen molar-refractivity contribution in [3.05, 3.63) is 52.3 Å². The van der Waals surface area contributed by atoms with Gasteiger partial charge in [0.1, 0.15) is 17.7 Å². The highest BCUT2D eigenvalue weighted by atomic mass is 35.5. The van der Waals surface area contributed by atoms with Gasteiger partial charge in [-0.05, 0) is 68.9 Å². The molecule has 1 saturated carbocycles. The second-order valence-electron chi connectivity index (χ2n) is 10.2. The number of anilines is 1. The van der Waals surface area contributed by atoms with E-state index in [1.54, 1.807) is 23.1 Å². The van der Waals surface area contributed by atoms with E-state index in [-0.39, 0.29) is 12.1 Å². The predicted molar refractivity (Wildman–Crippen MR) is 143 cm³/mol. The van der Waals surface area contributed by atoms with Crippen LogP contribution in [0.5, 0.6) is 5.75 Å². The molecule has 1 fully saturated rings. The Morgan fingerprint density at radius 3 is 2.63 bits per heavy atom. The summed E-state index contributed by atoms with van der Waals surface area (Å²) in [7, 11) is 2.90. The molecule has 0 radical (unpaired) electrons. The number of carboxylic acids is 1. The highest BCUT2D eigenvalue weighted by Gasteiger charge is 2.35. The fourth-order valence-corrected chi connectivity index (χ4v) is 6.26. The van der Waals surface area contributed by atoms with Crippen molar-refractivity contribution in [2.75, 3.05) is 19.1 Å². The molecule has 3 aromatic rings. The highest BCUT2D eigenvalue weighted by Crippen LogP contribution is 2.42. The molecule has 38 heavy (non-hydrogen) atoms. The monoisotopic (exact) mass is 541 g/mol. The summed E-state index contributed by atoms with van der Waals surface area (Å²) in [4.78, 5) is 31.1. The quantitative estimate of drug-likeness (QED) is 0.438. The van der Waals surface area contributed by atoms with Crippen molar-refractivity contribution < 1.29 is 29.3 Å². The van der Waals surface area contributed by atoms with Crippen molar-refractivity contribution in [1.29, 1.82) is 0 Å². The van der Waals surface area contributed by atoms with Gasteiger partial charge in [-0.25, -0.2) is 9.78 Å². The summed E-state index contributed by atoms with van der Waals surface area (Å²) in [6.45, 7) is 1.99. The number of halogens is 1. The molecule has 0 spiro atoms. The number of imidazole rings is 1. The van der Waals surface area contributed by atoms with Gasteiger partial charge in [0.2, 0.25) is 0 Å². The van der Waals surface area contributed by atoms with E-state index in [0.717, 1.165) is 36.0 Å². The van der Waals surface area contributed by atoms with Crippen LogP contribution in [0.25, 0.3) is 11.0 Å². The van der Waals surface area contributed by atoms with Gasteiger partial charge in [-0.3, -0.25) is 9.69 Å². The lowest BCUT2D eigenvalue weighted by Gasteiger charge is -2.34. The summed E-state index contributed by atoms with van der Waals surface area (Å²) in [5.74, 6) is -0.337. The van der Waals surface area contributed by atoms with Gasteiger partial charge in [0.05, 0.1) is 41.9 Å². The minimum Gasteiger partial charge on any atom is -0.495 e. The Morgan fingerprint density at radius 2 is 1.95 bits per heavy atom. The number of ether oxygens (including phenoxy) is 2. The van der Waals surface area contributed by atoms with E-state index in [1.165, 1.54) is 14.2 Å². The number of carbonyl (C=O) groups is 2. The van der Waals surface area contributed by atoms with Gasteiger partial charge in [0.15, 0.2) is 0 Å². The molecule has 2 aliphatic rings. The molecule has 4 atom stereocenters. The maximum atomic E-state index is 12.6. The molecular formula is C28H32ClN3O6. The number of benzene rings is 2. The average Bonchev–Trinajstić information content (AvgIpc) is 3.32. The second-order valence-corrected chi connectivity index (χ2v) is 10.6. The van der Waals surface area contributed by atoms with Crippen LogP contribution in [0.1, 0.15) is 68.1 Å². The third kappa shape index (κ3) is 4.47. The number of carboxylic acid groups (broad SMARTS) is 1. The van der Waals surface area contributed by atoms with Crippen LogP contribution in [0.4, 0.5) is 10.5 Å². The molecule has 9 nitrogen and oxygen atoms in total. The number of aliphatic carboxylic acids is 1. The van der Waals surface area contributed by atoms with E-state index in [4.69, 9.17) is 26.1 Å². The minimum atomic E-state index is -1.11. The summed E-state index contributed by atoms with van der Waals surface area (Å²) >= 11 is 6.37. The number of methoxy groups -OCH3 is 2. The van der Waals surface area contributed by atoms with Gasteiger partial charge in [0, 0.05) is 17.6 Å². The SMILES string of the molecule is COC(=O)N1c2ccc3c(nc([C@H](O)c4ccc(OC)c(Cl)c4)n3[C@@H]3CCC[C@@H](C(=O)O)C3)c2CC[C@@H]1C. The third-order valence-electron chi connectivity index (χ3n) is 7.95. The van der Waals surface area contributed by atoms with Crippen LogP contribution in [0.15, 0.2) is 30.3 Å². The number of aromatic nitrogens is 2. The van der Waals surface area contributed by atoms with Crippen LogP contribution in [0.2, 0.25) is 5.02 Å². The van der Waals surface area contributed by atoms with Crippen molar-refractivity contribution >= 4 is 40.4 Å². The molecule has 1 aliphatic heterocycles. The van der Waals surface area contributed by atoms with Crippen LogP contribution in [-0.4, -0.2) is 52.1 Å². The Morgan fingerprint density at radius 1 is 1.16 bits per heavy atom. The van der Waals surface area contributed by atoms with Crippen LogP contribution in [0.3, 0.4) is 0 Å². The largest absolute Gasteiger partial charge is 0.495 e. The van der Waals surface area contributed by atoms with Crippen LogP contribution >= 0.6 is 11.6 Å². The van der Waals surface area contributed by atoms with Crippen molar-refractivity contribution in [3.63, 3.8) is 0 Å². The second kappa shape index (κ2) is 10.5. The Labute approximate surface area is 225 Å². The zero-order chi connectivity index (χ0) is 27.1. The molecule has 202 valence electrons. The molecule has 2 heterocycles. The van der Waals surface area contributed by atoms with Crippen LogP contribution in [-0.2, 0) is 16.0 Å².